The number of nitrogens with two attached hydrogens (primary N) is 1. The Morgan fingerprint density at radius 2 is 2.10 bits per heavy atom. The summed E-state index contributed by atoms with van der Waals surface area (Å²) in [5, 5.41) is 7.78. The smallest absolute Gasteiger partial charge is 0.224 e. The van der Waals surface area contributed by atoms with E-state index in [-0.39, 0.29) is 12.1 Å². The van der Waals surface area contributed by atoms with Crippen LogP contribution < -0.4 is 16.4 Å². The minimum Gasteiger partial charge on any atom is -0.350 e. The fourth-order valence-electron chi connectivity index (χ4n) is 2.63. The van der Waals surface area contributed by atoms with Crippen LogP contribution in [0.4, 0.5) is 16.8 Å². The van der Waals surface area contributed by atoms with Crippen LogP contribution in [-0.4, -0.2) is 22.1 Å². The maximum absolute atomic E-state index is 6.16. The fraction of sp³-hybridized carbons (Fsp3) is 0.467. The van der Waals surface area contributed by atoms with Crippen LogP contribution in [0.1, 0.15) is 30.6 Å². The number of hydrogen-bond donors (Lipinski definition) is 3. The van der Waals surface area contributed by atoms with E-state index in [0.717, 1.165) is 23.7 Å². The van der Waals surface area contributed by atoms with E-state index in [1.165, 1.54) is 17.7 Å². The zero-order chi connectivity index (χ0) is 14.7. The molecule has 3 rings (SSSR count). The molecule has 2 aromatic rings. The molecule has 112 valence electrons. The lowest BCUT2D eigenvalue weighted by Crippen LogP contribution is -2.42. The second-order valence-corrected chi connectivity index (χ2v) is 6.79. The molecule has 2 aromatic heterocycles. The molecule has 0 saturated heterocycles. The van der Waals surface area contributed by atoms with E-state index >= 15 is 0 Å². The second kappa shape index (κ2) is 6.41. The van der Waals surface area contributed by atoms with Gasteiger partial charge >= 0.3 is 0 Å². The topological polar surface area (TPSA) is 75.9 Å². The summed E-state index contributed by atoms with van der Waals surface area (Å²) >= 11 is 1.71. The van der Waals surface area contributed by atoms with E-state index in [2.05, 4.69) is 39.7 Å². The van der Waals surface area contributed by atoms with E-state index in [1.807, 2.05) is 6.07 Å². The van der Waals surface area contributed by atoms with Gasteiger partial charge in [-0.1, -0.05) is 12.8 Å². The number of rotatable bonds is 4. The summed E-state index contributed by atoms with van der Waals surface area (Å²) in [6.45, 7) is 2.09. The zero-order valence-corrected chi connectivity index (χ0v) is 13.0. The molecule has 0 aromatic carbocycles. The van der Waals surface area contributed by atoms with Gasteiger partial charge in [-0.2, -0.15) is 4.98 Å². The molecule has 2 atom stereocenters. The van der Waals surface area contributed by atoms with Crippen LogP contribution in [-0.2, 0) is 0 Å². The summed E-state index contributed by atoms with van der Waals surface area (Å²) in [6, 6.07) is 6.50. The van der Waals surface area contributed by atoms with Crippen LogP contribution in [0.3, 0.4) is 0 Å². The normalized spacial score (nSPS) is 22.0. The molecule has 21 heavy (non-hydrogen) atoms. The van der Waals surface area contributed by atoms with Crippen molar-refractivity contribution in [2.24, 2.45) is 5.73 Å². The van der Waals surface area contributed by atoms with Crippen molar-refractivity contribution in [2.45, 2.75) is 44.7 Å². The van der Waals surface area contributed by atoms with Gasteiger partial charge < -0.3 is 16.4 Å². The highest BCUT2D eigenvalue weighted by atomic mass is 32.1. The third kappa shape index (κ3) is 3.71. The van der Waals surface area contributed by atoms with Gasteiger partial charge in [0.25, 0.3) is 0 Å². The molecule has 0 bridgehead atoms. The molecule has 0 aliphatic heterocycles. The Bertz CT molecular complexity index is 597. The van der Waals surface area contributed by atoms with E-state index in [1.54, 1.807) is 17.5 Å². The molecule has 5 nitrogen and oxygen atoms in total. The lowest BCUT2D eigenvalue weighted by atomic mass is 9.91. The first kappa shape index (κ1) is 14.3. The average Bonchev–Trinajstić information content (AvgIpc) is 2.87. The van der Waals surface area contributed by atoms with Crippen LogP contribution in [0.25, 0.3) is 0 Å². The van der Waals surface area contributed by atoms with Gasteiger partial charge in [-0.25, -0.2) is 4.98 Å². The summed E-state index contributed by atoms with van der Waals surface area (Å²) in [5.41, 5.74) is 6.16. The van der Waals surface area contributed by atoms with Crippen molar-refractivity contribution < 1.29 is 0 Å². The summed E-state index contributed by atoms with van der Waals surface area (Å²) in [4.78, 5) is 10.1. The van der Waals surface area contributed by atoms with Crippen LogP contribution in [0.15, 0.2) is 24.4 Å². The van der Waals surface area contributed by atoms with Crippen molar-refractivity contribution in [1.29, 1.82) is 0 Å². The van der Waals surface area contributed by atoms with Gasteiger partial charge in [0.2, 0.25) is 5.95 Å². The number of hydrogen-bond acceptors (Lipinski definition) is 6. The highest BCUT2D eigenvalue weighted by Crippen LogP contribution is 2.25. The Morgan fingerprint density at radius 1 is 1.24 bits per heavy atom. The van der Waals surface area contributed by atoms with Gasteiger partial charge in [-0.15, -0.1) is 11.3 Å². The summed E-state index contributed by atoms with van der Waals surface area (Å²) < 4.78 is 0. The molecule has 0 amide bonds. The van der Waals surface area contributed by atoms with Crippen LogP contribution in [0, 0.1) is 6.92 Å². The molecule has 0 spiro atoms. The SMILES string of the molecule is Cc1ccc(Nc2ccnc(N[C@@H]3CCCC[C@@H]3N)n2)s1. The monoisotopic (exact) mass is 303 g/mol. The molecule has 1 aliphatic rings. The maximum atomic E-state index is 6.16. The maximum Gasteiger partial charge on any atom is 0.224 e. The van der Waals surface area contributed by atoms with Crippen molar-refractivity contribution in [1.82, 2.24) is 9.97 Å². The lowest BCUT2D eigenvalue weighted by Gasteiger charge is -2.29. The van der Waals surface area contributed by atoms with Crippen molar-refractivity contribution in [2.75, 3.05) is 10.6 Å². The quantitative estimate of drug-likeness (QED) is 0.808. The van der Waals surface area contributed by atoms with Gasteiger partial charge in [-0.05, 0) is 38.0 Å². The molecule has 0 unspecified atom stereocenters. The first-order valence-electron chi connectivity index (χ1n) is 7.39. The Balaban J connectivity index is 1.67. The number of aryl methyl sites for hydroxylation is 1. The second-order valence-electron chi connectivity index (χ2n) is 5.50. The number of nitrogens with zero attached hydrogens (tertiary/aromatic N) is 2. The Morgan fingerprint density at radius 3 is 2.86 bits per heavy atom. The predicted octanol–water partition coefficient (Wildman–Crippen LogP) is 3.27. The standard InChI is InChI=1S/C15H21N5S/c1-10-6-7-14(21-10)19-13-8-9-17-15(20-13)18-12-5-3-2-4-11(12)16/h6-9,11-12H,2-5,16H2,1H3,(H2,17,18,19,20)/t11-,12+/m0/s1. The van der Waals surface area contributed by atoms with E-state index in [4.69, 9.17) is 5.73 Å². The minimum atomic E-state index is 0.193. The molecule has 1 fully saturated rings. The van der Waals surface area contributed by atoms with E-state index in [9.17, 15) is 0 Å². The number of thiophene rings is 1. The van der Waals surface area contributed by atoms with Gasteiger partial charge in [-0.3, -0.25) is 0 Å². The summed E-state index contributed by atoms with van der Waals surface area (Å²) in [6.07, 6.45) is 6.38. The first-order valence-corrected chi connectivity index (χ1v) is 8.21. The van der Waals surface area contributed by atoms with E-state index < -0.39 is 0 Å². The van der Waals surface area contributed by atoms with Crippen molar-refractivity contribution in [3.05, 3.63) is 29.3 Å². The predicted molar refractivity (Wildman–Crippen MR) is 88.2 cm³/mol. The average molecular weight is 303 g/mol. The number of aromatic nitrogens is 2. The van der Waals surface area contributed by atoms with Gasteiger partial charge in [0.05, 0.1) is 5.00 Å². The number of anilines is 3. The van der Waals surface area contributed by atoms with Crippen molar-refractivity contribution in [3.8, 4) is 0 Å². The number of nitrogens with one attached hydrogen (secondary N) is 2. The van der Waals surface area contributed by atoms with Crippen molar-refractivity contribution in [3.63, 3.8) is 0 Å². The van der Waals surface area contributed by atoms with Crippen LogP contribution in [0.2, 0.25) is 0 Å². The Labute approximate surface area is 129 Å². The Hall–Kier alpha value is -1.66. The Kier molecular flexibility index (Phi) is 4.36. The molecule has 1 aliphatic carbocycles. The van der Waals surface area contributed by atoms with Crippen molar-refractivity contribution >= 4 is 28.1 Å². The molecule has 2 heterocycles. The fourth-order valence-corrected chi connectivity index (χ4v) is 3.41. The highest BCUT2D eigenvalue weighted by molar-refractivity contribution is 7.16. The third-order valence-corrected chi connectivity index (χ3v) is 4.70. The lowest BCUT2D eigenvalue weighted by molar-refractivity contribution is 0.402. The molecular weight excluding hydrogens is 282 g/mol. The first-order chi connectivity index (χ1) is 10.2. The van der Waals surface area contributed by atoms with Gasteiger partial charge in [0.1, 0.15) is 5.82 Å². The summed E-state index contributed by atoms with van der Waals surface area (Å²) in [7, 11) is 0. The van der Waals surface area contributed by atoms with Gasteiger partial charge in [0.15, 0.2) is 0 Å². The minimum absolute atomic E-state index is 0.193. The third-order valence-electron chi connectivity index (χ3n) is 3.78. The summed E-state index contributed by atoms with van der Waals surface area (Å²) in [5.74, 6) is 1.45. The largest absolute Gasteiger partial charge is 0.350 e. The molecular formula is C15H21N5S. The van der Waals surface area contributed by atoms with E-state index in [0.29, 0.717) is 5.95 Å². The molecule has 6 heteroatoms. The molecule has 1 saturated carbocycles. The van der Waals surface area contributed by atoms with Gasteiger partial charge in [0, 0.05) is 23.2 Å². The highest BCUT2D eigenvalue weighted by Gasteiger charge is 2.22. The molecule has 0 radical (unpaired) electrons. The van der Waals surface area contributed by atoms with Crippen LogP contribution in [0.5, 0.6) is 0 Å². The molecule has 4 N–H and O–H groups in total. The zero-order valence-electron chi connectivity index (χ0n) is 12.2. The van der Waals surface area contributed by atoms with Crippen LogP contribution >= 0.6 is 11.3 Å².